The minimum Gasteiger partial charge on any atom is -0.481 e. The molecule has 12 aromatic heterocycles. The maximum absolute atomic E-state index is 15.4. The molecule has 0 saturated heterocycles. The number of H-pyrrole nitrogens is 1. The van der Waals surface area contributed by atoms with E-state index in [0.717, 1.165) is 49.9 Å². The van der Waals surface area contributed by atoms with Crippen LogP contribution < -0.4 is 19.5 Å². The molecule has 1 unspecified atom stereocenters. The van der Waals surface area contributed by atoms with Crippen molar-refractivity contribution >= 4 is 90.0 Å². The van der Waals surface area contributed by atoms with Gasteiger partial charge in [-0.15, -0.1) is 0 Å². The van der Waals surface area contributed by atoms with Gasteiger partial charge in [0.25, 0.3) is 0 Å². The summed E-state index contributed by atoms with van der Waals surface area (Å²) in [6.07, 6.45) is 17.6. The van der Waals surface area contributed by atoms with Crippen LogP contribution in [0.15, 0.2) is 147 Å². The number of rotatable bonds is 22. The quantitative estimate of drug-likeness (QED) is 0.0249. The Morgan fingerprint density at radius 2 is 0.990 bits per heavy atom. The van der Waals surface area contributed by atoms with E-state index in [1.165, 1.54) is 45.6 Å². The van der Waals surface area contributed by atoms with E-state index < -0.39 is 40.4 Å². The van der Waals surface area contributed by atoms with Gasteiger partial charge >= 0.3 is 0 Å². The number of halogens is 4. The molecule has 0 aliphatic rings. The predicted molar refractivity (Wildman–Crippen MR) is 421 cm³/mol. The average Bonchev–Trinajstić information content (AvgIpc) is 1.55. The monoisotopic (exact) mass is 1560 g/mol. The summed E-state index contributed by atoms with van der Waals surface area (Å²) in [5.74, 6) is -0.0639. The number of aromatic amines is 1. The first kappa shape index (κ1) is 78.9. The molecule has 18 nitrogen and oxygen atoms in total. The summed E-state index contributed by atoms with van der Waals surface area (Å²) >= 11 is 2.47. The van der Waals surface area contributed by atoms with Gasteiger partial charge in [-0.25, -0.2) is 44.9 Å². The lowest BCUT2D eigenvalue weighted by atomic mass is 10.0. The highest BCUT2D eigenvalue weighted by Crippen LogP contribution is 2.47. The molecule has 0 bridgehead atoms. The molecule has 12 heterocycles. The van der Waals surface area contributed by atoms with Crippen LogP contribution in [0.25, 0.3) is 33.1 Å². The second-order valence-electron chi connectivity index (χ2n) is 28.2. The number of methoxy groups -OCH3 is 3. The fourth-order valence-electron chi connectivity index (χ4n) is 15.1. The van der Waals surface area contributed by atoms with Crippen molar-refractivity contribution in [2.24, 2.45) is 0 Å². The first-order valence-electron chi connectivity index (χ1n) is 35.0. The van der Waals surface area contributed by atoms with Crippen LogP contribution in [0.4, 0.5) is 24.7 Å². The zero-order valence-corrected chi connectivity index (χ0v) is 66.8. The third-order valence-electron chi connectivity index (χ3n) is 19.6. The SMILES string of the molecule is COc1ccc(Cc2ccc(C(O)c3cn([Si](C(C)C)(C(C)C)C(C)C)c4ncc(C)cc34)c(F)n2)cn1.COc1ccc(Cc2ccc(Cc3c[nH]c4ncc(C)cc34)c(F)n2)cn1.COc1ccc(Nc2ccc(C=O)c(F)n2)cn1.Cc1cnc2c(c1)c(I)cn2[Si](C(C)C)(C(C)C)C(C)C. The first-order chi connectivity index (χ1) is 49.6. The number of nitrogens with one attached hydrogen (secondary N) is 2. The van der Waals surface area contributed by atoms with Crippen LogP contribution in [0.1, 0.15) is 161 Å². The van der Waals surface area contributed by atoms with Gasteiger partial charge in [0.05, 0.1) is 38.8 Å². The van der Waals surface area contributed by atoms with Gasteiger partial charge in [-0.3, -0.25) is 4.79 Å². The molecule has 0 aromatic carbocycles. The molecule has 3 N–H and O–H groups in total. The number of carbonyl (C=O) groups excluding carboxylic acids is 1. The lowest BCUT2D eigenvalue weighted by Crippen LogP contribution is -2.51. The second kappa shape index (κ2) is 34.6. The fraction of sp³-hybridized carbons (Fsp3) is 0.350. The molecule has 104 heavy (non-hydrogen) atoms. The number of aliphatic hydroxyl groups excluding tert-OH is 1. The van der Waals surface area contributed by atoms with Crippen molar-refractivity contribution in [3.8, 4) is 17.6 Å². The number of aromatic nitrogens is 12. The number of fused-ring (bicyclic) bond motifs is 3. The van der Waals surface area contributed by atoms with Gasteiger partial charge in [-0.2, -0.15) is 13.2 Å². The summed E-state index contributed by atoms with van der Waals surface area (Å²) in [7, 11) is 0.774. The van der Waals surface area contributed by atoms with Crippen molar-refractivity contribution in [3.05, 3.63) is 235 Å². The number of pyridine rings is 9. The maximum Gasteiger partial charge on any atom is 0.225 e. The van der Waals surface area contributed by atoms with Crippen molar-refractivity contribution in [2.45, 2.75) is 162 Å². The van der Waals surface area contributed by atoms with Crippen LogP contribution in [0.3, 0.4) is 0 Å². The zero-order chi connectivity index (χ0) is 75.5. The Morgan fingerprint density at radius 1 is 0.510 bits per heavy atom. The highest BCUT2D eigenvalue weighted by atomic mass is 127. The zero-order valence-electron chi connectivity index (χ0n) is 62.6. The molecule has 0 fully saturated rings. The highest BCUT2D eigenvalue weighted by Gasteiger charge is 2.48. The molecule has 1 atom stereocenters. The number of aldehydes is 1. The fourth-order valence-corrected chi connectivity index (χ4v) is 29.2. The molecule has 546 valence electrons. The Balaban J connectivity index is 0.000000168. The Morgan fingerprint density at radius 3 is 1.46 bits per heavy atom. The van der Waals surface area contributed by atoms with Crippen molar-refractivity contribution in [1.29, 1.82) is 0 Å². The van der Waals surface area contributed by atoms with Gasteiger partial charge in [0, 0.05) is 135 Å². The number of ether oxygens (including phenoxy) is 3. The summed E-state index contributed by atoms with van der Waals surface area (Å²) in [5.41, 5.74) is 15.6. The molecule has 12 rings (SSSR count). The lowest BCUT2D eigenvalue weighted by Gasteiger charge is -2.44. The van der Waals surface area contributed by atoms with E-state index in [1.54, 1.807) is 69.1 Å². The molecule has 12 aromatic rings. The molecule has 0 saturated carbocycles. The van der Waals surface area contributed by atoms with E-state index in [-0.39, 0.29) is 11.1 Å². The van der Waals surface area contributed by atoms with Gasteiger partial charge < -0.3 is 38.1 Å². The predicted octanol–water partition coefficient (Wildman–Crippen LogP) is 19.1. The smallest absolute Gasteiger partial charge is 0.225 e. The number of nitrogens with zero attached hydrogens (tertiary/aromatic N) is 11. The number of aliphatic hydroxyl groups is 1. The highest BCUT2D eigenvalue weighted by molar-refractivity contribution is 14.1. The second-order valence-corrected chi connectivity index (χ2v) is 40.8. The van der Waals surface area contributed by atoms with Crippen LogP contribution in [-0.4, -0.2) is 107 Å². The van der Waals surface area contributed by atoms with Crippen LogP contribution in [0.5, 0.6) is 17.6 Å². The summed E-state index contributed by atoms with van der Waals surface area (Å²) in [5, 5.41) is 17.6. The molecular formula is C80H95F3IN13O5Si2. The summed E-state index contributed by atoms with van der Waals surface area (Å²) in [4.78, 5) is 51.9. The van der Waals surface area contributed by atoms with Gasteiger partial charge in [-0.1, -0.05) is 101 Å². The Kier molecular flexibility index (Phi) is 26.2. The minimum absolute atomic E-state index is 0.0756. The van der Waals surface area contributed by atoms with Crippen LogP contribution >= 0.6 is 22.6 Å². The van der Waals surface area contributed by atoms with E-state index in [2.05, 4.69) is 185 Å². The number of hydrogen-bond acceptors (Lipinski definition) is 15. The minimum atomic E-state index is -2.17. The number of anilines is 2. The number of aryl methyl sites for hydroxylation is 3. The van der Waals surface area contributed by atoms with Crippen molar-refractivity contribution in [3.63, 3.8) is 0 Å². The van der Waals surface area contributed by atoms with Crippen LogP contribution in [0, 0.1) is 42.2 Å². The van der Waals surface area contributed by atoms with E-state index in [4.69, 9.17) is 24.2 Å². The molecule has 0 amide bonds. The standard InChI is InChI=1S/C30H39FN4O2Si.C21H19FN4O.C17H27IN2Si.C12H10FN3O2/c1-18(2)38(19(3)4,20(5)6)35-17-26(25-13-21(7)15-33-30(25)35)28(36)24-11-10-23(34-29(24)31)14-22-9-12-27(37-8)32-16-22;1-13-7-18-16(12-25-21(18)24-10-13)9-15-4-5-17(26-20(15)22)8-14-3-6-19(27-2)23-11-14;1-11(2)21(12(3)4,13(5)6)20-10-16(18)15-8-14(7)9-19-17(15)20;1-18-11-5-3-9(6-14-11)15-10-4-2-8(7-17)12(13)16-10/h9-13,15-20,28,36H,14H2,1-8H3;3-7,10-12H,8-9H2,1-2H3,(H,24,25);8-13H,1-7H3;2-7H,1H3,(H,15,16). The maximum atomic E-state index is 15.4. The van der Waals surface area contributed by atoms with Gasteiger partial charge in [-0.05, 0) is 165 Å². The topological polar surface area (TPSA) is 219 Å². The van der Waals surface area contributed by atoms with Gasteiger partial charge in [0.15, 0.2) is 22.8 Å². The van der Waals surface area contributed by atoms with E-state index in [1.807, 2.05) is 69.1 Å². The molecule has 24 heteroatoms. The lowest BCUT2D eigenvalue weighted by molar-refractivity contribution is 0.111. The van der Waals surface area contributed by atoms with Crippen molar-refractivity contribution in [1.82, 2.24) is 58.3 Å². The largest absolute Gasteiger partial charge is 0.481 e. The third kappa shape index (κ3) is 17.4. The first-order valence-corrected chi connectivity index (χ1v) is 40.4. The van der Waals surface area contributed by atoms with Gasteiger partial charge in [0.1, 0.15) is 28.9 Å². The van der Waals surface area contributed by atoms with E-state index >= 15 is 4.39 Å². The number of carbonyl (C=O) groups is 1. The normalized spacial score (nSPS) is 12.0. The van der Waals surface area contributed by atoms with Gasteiger partial charge in [0.2, 0.25) is 35.5 Å². The Hall–Kier alpha value is -9.25. The third-order valence-corrected chi connectivity index (χ3v) is 33.9. The summed E-state index contributed by atoms with van der Waals surface area (Å²) in [6, 6.07) is 27.1. The number of hydrogen-bond donors (Lipinski definition) is 3. The summed E-state index contributed by atoms with van der Waals surface area (Å²) in [6.45, 7) is 34.3. The van der Waals surface area contributed by atoms with E-state index in [9.17, 15) is 18.7 Å². The van der Waals surface area contributed by atoms with Crippen LogP contribution in [-0.2, 0) is 19.3 Å². The van der Waals surface area contributed by atoms with Crippen molar-refractivity contribution < 1.29 is 37.3 Å². The molecular weight excluding hydrogens is 1460 g/mol. The van der Waals surface area contributed by atoms with Crippen molar-refractivity contribution in [2.75, 3.05) is 26.6 Å². The molecule has 0 spiro atoms. The summed E-state index contributed by atoms with van der Waals surface area (Å²) < 4.78 is 64.6. The van der Waals surface area contributed by atoms with Crippen LogP contribution in [0.2, 0.25) is 33.2 Å². The Bertz CT molecular complexity index is 4850. The van der Waals surface area contributed by atoms with E-state index in [0.29, 0.717) is 110 Å². The Labute approximate surface area is 623 Å². The molecule has 0 aliphatic heterocycles. The molecule has 0 radical (unpaired) electrons. The average molecular weight is 1560 g/mol. The molecule has 0 aliphatic carbocycles.